The summed E-state index contributed by atoms with van der Waals surface area (Å²) in [6.45, 7) is 1.70. The Balaban J connectivity index is 1.91. The van der Waals surface area contributed by atoms with Gasteiger partial charge in [-0.25, -0.2) is 0 Å². The third-order valence-electron chi connectivity index (χ3n) is 2.58. The van der Waals surface area contributed by atoms with Gasteiger partial charge in [-0.1, -0.05) is 11.6 Å². The Morgan fingerprint density at radius 2 is 2.31 bits per heavy atom. The quantitative estimate of drug-likeness (QED) is 0.854. The van der Waals surface area contributed by atoms with E-state index in [-0.39, 0.29) is 6.54 Å². The lowest BCUT2D eigenvalue weighted by molar-refractivity contribution is -0.138. The topological polar surface area (TPSA) is 40.5 Å². The molecule has 0 amide bonds. The average molecular weight is 260 g/mol. The van der Waals surface area contributed by atoms with Crippen LogP contribution < -0.4 is 0 Å². The van der Waals surface area contributed by atoms with Gasteiger partial charge in [-0.15, -0.1) is 11.3 Å². The molecule has 0 aromatic carbocycles. The highest BCUT2D eigenvalue weighted by molar-refractivity contribution is 7.16. The smallest absolute Gasteiger partial charge is 0.317 e. The van der Waals surface area contributed by atoms with Crippen LogP contribution in [0.4, 0.5) is 0 Å². The summed E-state index contributed by atoms with van der Waals surface area (Å²) in [6, 6.07) is 3.83. The van der Waals surface area contributed by atoms with Gasteiger partial charge in [-0.05, 0) is 30.9 Å². The van der Waals surface area contributed by atoms with Crippen molar-refractivity contribution in [2.24, 2.45) is 5.92 Å². The second kappa shape index (κ2) is 5.17. The van der Waals surface area contributed by atoms with Gasteiger partial charge in [0.15, 0.2) is 0 Å². The van der Waals surface area contributed by atoms with Crippen LogP contribution >= 0.6 is 22.9 Å². The fourth-order valence-electron chi connectivity index (χ4n) is 1.70. The van der Waals surface area contributed by atoms with Crippen molar-refractivity contribution in [3.05, 3.63) is 21.3 Å². The maximum Gasteiger partial charge on any atom is 0.317 e. The average Bonchev–Trinajstić information content (AvgIpc) is 2.89. The molecule has 2 rings (SSSR count). The van der Waals surface area contributed by atoms with Crippen LogP contribution in [0.3, 0.4) is 0 Å². The molecule has 5 heteroatoms. The number of rotatable bonds is 6. The number of carbonyl (C=O) groups is 1. The lowest BCUT2D eigenvalue weighted by Crippen LogP contribution is -2.30. The summed E-state index contributed by atoms with van der Waals surface area (Å²) in [4.78, 5) is 13.9. The largest absolute Gasteiger partial charge is 0.480 e. The van der Waals surface area contributed by atoms with Gasteiger partial charge in [0.1, 0.15) is 0 Å². The van der Waals surface area contributed by atoms with Crippen molar-refractivity contribution >= 4 is 28.9 Å². The van der Waals surface area contributed by atoms with Crippen LogP contribution in [0.1, 0.15) is 17.7 Å². The van der Waals surface area contributed by atoms with E-state index in [0.29, 0.717) is 12.5 Å². The van der Waals surface area contributed by atoms with Crippen LogP contribution in [0, 0.1) is 5.92 Å². The molecule has 0 atom stereocenters. The van der Waals surface area contributed by atoms with Crippen molar-refractivity contribution in [1.82, 2.24) is 4.90 Å². The molecule has 0 saturated heterocycles. The zero-order valence-electron chi connectivity index (χ0n) is 8.86. The number of aliphatic carboxylic acids is 1. The molecule has 1 aromatic heterocycles. The van der Waals surface area contributed by atoms with E-state index in [2.05, 4.69) is 0 Å². The summed E-state index contributed by atoms with van der Waals surface area (Å²) in [6.07, 6.45) is 2.47. The Morgan fingerprint density at radius 3 is 2.81 bits per heavy atom. The van der Waals surface area contributed by atoms with E-state index >= 15 is 0 Å². The predicted octanol–water partition coefficient (Wildman–Crippen LogP) is 2.70. The summed E-state index contributed by atoms with van der Waals surface area (Å²) >= 11 is 7.37. The lowest BCUT2D eigenvalue weighted by Gasteiger charge is -2.18. The second-order valence-corrected chi connectivity index (χ2v) is 6.01. The van der Waals surface area contributed by atoms with Crippen LogP contribution in [-0.4, -0.2) is 29.1 Å². The van der Waals surface area contributed by atoms with Gasteiger partial charge >= 0.3 is 5.97 Å². The first-order chi connectivity index (χ1) is 7.63. The molecule has 1 aliphatic carbocycles. The number of thiophene rings is 1. The number of carboxylic acids is 1. The summed E-state index contributed by atoms with van der Waals surface area (Å²) in [5.41, 5.74) is 0. The van der Waals surface area contributed by atoms with E-state index in [9.17, 15) is 4.79 Å². The maximum atomic E-state index is 10.7. The number of carboxylic acid groups (broad SMARTS) is 1. The van der Waals surface area contributed by atoms with Gasteiger partial charge in [0.2, 0.25) is 0 Å². The van der Waals surface area contributed by atoms with E-state index in [1.807, 2.05) is 17.0 Å². The summed E-state index contributed by atoms with van der Waals surface area (Å²) in [7, 11) is 0. The van der Waals surface area contributed by atoms with Crippen LogP contribution in [0.5, 0.6) is 0 Å². The Bertz CT molecular complexity index is 376. The molecule has 88 valence electrons. The number of hydrogen-bond donors (Lipinski definition) is 1. The summed E-state index contributed by atoms with van der Waals surface area (Å²) < 4.78 is 0.761. The first-order valence-electron chi connectivity index (χ1n) is 5.32. The van der Waals surface area contributed by atoms with Crippen molar-refractivity contribution in [3.8, 4) is 0 Å². The Kier molecular flexibility index (Phi) is 3.84. The number of halogens is 1. The Morgan fingerprint density at radius 1 is 1.56 bits per heavy atom. The molecule has 0 radical (unpaired) electrons. The third kappa shape index (κ3) is 3.77. The van der Waals surface area contributed by atoms with E-state index < -0.39 is 5.97 Å². The van der Waals surface area contributed by atoms with Gasteiger partial charge in [0.25, 0.3) is 0 Å². The fraction of sp³-hybridized carbons (Fsp3) is 0.545. The van der Waals surface area contributed by atoms with Gasteiger partial charge < -0.3 is 5.11 Å². The van der Waals surface area contributed by atoms with Crippen LogP contribution in [-0.2, 0) is 11.3 Å². The van der Waals surface area contributed by atoms with Gasteiger partial charge in [-0.3, -0.25) is 9.69 Å². The molecule has 0 bridgehead atoms. The molecule has 0 unspecified atom stereocenters. The molecule has 0 spiro atoms. The minimum Gasteiger partial charge on any atom is -0.480 e. The van der Waals surface area contributed by atoms with Crippen molar-refractivity contribution in [3.63, 3.8) is 0 Å². The molecule has 1 fully saturated rings. The zero-order valence-corrected chi connectivity index (χ0v) is 10.4. The van der Waals surface area contributed by atoms with Gasteiger partial charge in [0, 0.05) is 18.0 Å². The van der Waals surface area contributed by atoms with Crippen LogP contribution in [0.15, 0.2) is 12.1 Å². The SMILES string of the molecule is O=C(O)CN(Cc1ccc(Cl)s1)CC1CC1. The zero-order chi connectivity index (χ0) is 11.5. The normalized spacial score (nSPS) is 15.6. The number of hydrogen-bond acceptors (Lipinski definition) is 3. The minimum atomic E-state index is -0.761. The van der Waals surface area contributed by atoms with Crippen LogP contribution in [0.25, 0.3) is 0 Å². The highest BCUT2D eigenvalue weighted by atomic mass is 35.5. The van der Waals surface area contributed by atoms with E-state index in [1.54, 1.807) is 0 Å². The first-order valence-corrected chi connectivity index (χ1v) is 6.51. The molecule has 1 saturated carbocycles. The Labute approximate surface area is 104 Å². The molecular weight excluding hydrogens is 246 g/mol. The summed E-state index contributed by atoms with van der Waals surface area (Å²) in [5, 5.41) is 8.84. The molecule has 16 heavy (non-hydrogen) atoms. The molecule has 1 N–H and O–H groups in total. The number of nitrogens with zero attached hydrogens (tertiary/aromatic N) is 1. The monoisotopic (exact) mass is 259 g/mol. The molecule has 1 heterocycles. The van der Waals surface area contributed by atoms with E-state index in [4.69, 9.17) is 16.7 Å². The predicted molar refractivity (Wildman–Crippen MR) is 65.0 cm³/mol. The van der Waals surface area contributed by atoms with Crippen LogP contribution in [0.2, 0.25) is 4.34 Å². The van der Waals surface area contributed by atoms with E-state index in [1.165, 1.54) is 24.2 Å². The molecule has 0 aliphatic heterocycles. The first kappa shape index (κ1) is 11.9. The van der Waals surface area contributed by atoms with Crippen molar-refractivity contribution in [2.45, 2.75) is 19.4 Å². The van der Waals surface area contributed by atoms with Crippen molar-refractivity contribution in [1.29, 1.82) is 0 Å². The van der Waals surface area contributed by atoms with E-state index in [0.717, 1.165) is 15.8 Å². The fourth-order valence-corrected chi connectivity index (χ4v) is 2.83. The summed E-state index contributed by atoms with van der Waals surface area (Å²) in [5.74, 6) is -0.0573. The molecular formula is C11H14ClNO2S. The maximum absolute atomic E-state index is 10.7. The van der Waals surface area contributed by atoms with Crippen molar-refractivity contribution in [2.75, 3.05) is 13.1 Å². The minimum absolute atomic E-state index is 0.117. The standard InChI is InChI=1S/C11H14ClNO2S/c12-10-4-3-9(16-10)6-13(7-11(14)15)5-8-1-2-8/h3-4,8H,1-2,5-7H2,(H,14,15). The molecule has 1 aliphatic rings. The van der Waals surface area contributed by atoms with Gasteiger partial charge in [0.05, 0.1) is 10.9 Å². The lowest BCUT2D eigenvalue weighted by atomic mass is 10.3. The Hall–Kier alpha value is -0.580. The third-order valence-corrected chi connectivity index (χ3v) is 3.80. The second-order valence-electron chi connectivity index (χ2n) is 4.21. The molecule has 3 nitrogen and oxygen atoms in total. The highest BCUT2D eigenvalue weighted by Gasteiger charge is 2.25. The molecule has 1 aromatic rings. The van der Waals surface area contributed by atoms with Crippen molar-refractivity contribution < 1.29 is 9.90 Å². The highest BCUT2D eigenvalue weighted by Crippen LogP contribution is 2.31. The van der Waals surface area contributed by atoms with Gasteiger partial charge in [-0.2, -0.15) is 0 Å².